The van der Waals surface area contributed by atoms with Crippen LogP contribution in [0, 0.1) is 5.92 Å². The van der Waals surface area contributed by atoms with Crippen molar-refractivity contribution in [2.24, 2.45) is 5.92 Å². The van der Waals surface area contributed by atoms with Gasteiger partial charge < -0.3 is 15.3 Å². The average Bonchev–Trinajstić information content (AvgIpc) is 2.65. The van der Waals surface area contributed by atoms with Gasteiger partial charge in [-0.3, -0.25) is 4.79 Å². The molecule has 3 heterocycles. The van der Waals surface area contributed by atoms with Crippen molar-refractivity contribution >= 4 is 17.7 Å². The molecule has 1 unspecified atom stereocenters. The molecule has 2 aromatic rings. The molecule has 3 aliphatic heterocycles. The maximum absolute atomic E-state index is 12.5. The molecule has 2 aromatic carbocycles. The van der Waals surface area contributed by atoms with Crippen molar-refractivity contribution in [3.63, 3.8) is 0 Å². The number of amides is 1. The quantitative estimate of drug-likeness (QED) is 0.884. The largest absolute Gasteiger partial charge is 0.507 e. The van der Waals surface area contributed by atoms with Crippen LogP contribution < -0.4 is 5.32 Å². The SMILES string of the molecule is O=C(NC1CN2CCC1CC2)c1ccc(Sc2ccccc2O)cc1. The van der Waals surface area contributed by atoms with Crippen LogP contribution in [0.2, 0.25) is 0 Å². The van der Waals surface area contributed by atoms with E-state index in [0.29, 0.717) is 11.5 Å². The molecule has 4 nitrogen and oxygen atoms in total. The molecule has 5 rings (SSSR count). The molecular weight excluding hydrogens is 332 g/mol. The molecule has 130 valence electrons. The smallest absolute Gasteiger partial charge is 0.251 e. The van der Waals surface area contributed by atoms with E-state index < -0.39 is 0 Å². The van der Waals surface area contributed by atoms with E-state index >= 15 is 0 Å². The number of carbonyl (C=O) groups excluding carboxylic acids is 1. The molecule has 0 spiro atoms. The van der Waals surface area contributed by atoms with Gasteiger partial charge in [-0.2, -0.15) is 0 Å². The number of hydrogen-bond donors (Lipinski definition) is 2. The van der Waals surface area contributed by atoms with Crippen molar-refractivity contribution < 1.29 is 9.90 Å². The summed E-state index contributed by atoms with van der Waals surface area (Å²) in [5, 5.41) is 13.1. The normalized spacial score (nSPS) is 24.9. The molecule has 5 heteroatoms. The molecule has 3 aliphatic rings. The van der Waals surface area contributed by atoms with E-state index in [1.54, 1.807) is 12.1 Å². The van der Waals surface area contributed by atoms with E-state index in [0.717, 1.165) is 16.3 Å². The van der Waals surface area contributed by atoms with Gasteiger partial charge in [0.15, 0.2) is 0 Å². The summed E-state index contributed by atoms with van der Waals surface area (Å²) in [6.07, 6.45) is 2.39. The third-order valence-corrected chi connectivity index (χ3v) is 6.26. The second kappa shape index (κ2) is 7.10. The highest BCUT2D eigenvalue weighted by molar-refractivity contribution is 7.99. The summed E-state index contributed by atoms with van der Waals surface area (Å²) in [5.41, 5.74) is 0.693. The lowest BCUT2D eigenvalue weighted by Gasteiger charge is -2.44. The van der Waals surface area contributed by atoms with Crippen molar-refractivity contribution in [2.45, 2.75) is 28.7 Å². The first-order valence-electron chi connectivity index (χ1n) is 8.78. The maximum Gasteiger partial charge on any atom is 0.251 e. The number of fused-ring (bicyclic) bond motifs is 3. The van der Waals surface area contributed by atoms with Crippen LogP contribution in [0.4, 0.5) is 0 Å². The van der Waals surface area contributed by atoms with Crippen molar-refractivity contribution in [3.05, 3.63) is 54.1 Å². The molecule has 0 saturated carbocycles. The molecule has 1 amide bonds. The Kier molecular flexibility index (Phi) is 4.68. The zero-order valence-corrected chi connectivity index (χ0v) is 14.8. The standard InChI is InChI=1S/C20H22N2O2S/c23-18-3-1-2-4-19(18)25-16-7-5-15(6-8-16)20(24)21-17-13-22-11-9-14(17)10-12-22/h1-8,14,17,23H,9-13H2,(H,21,24). The molecule has 2 N–H and O–H groups in total. The van der Waals surface area contributed by atoms with Crippen molar-refractivity contribution in [1.29, 1.82) is 0 Å². The Bertz CT molecular complexity index is 755. The second-order valence-electron chi connectivity index (χ2n) is 6.81. The van der Waals surface area contributed by atoms with Crippen LogP contribution in [0.3, 0.4) is 0 Å². The predicted octanol–water partition coefficient (Wildman–Crippen LogP) is 3.37. The van der Waals surface area contributed by atoms with Crippen LogP contribution in [0.1, 0.15) is 23.2 Å². The number of rotatable bonds is 4. The number of nitrogens with one attached hydrogen (secondary N) is 1. The number of phenols is 1. The number of nitrogens with zero attached hydrogens (tertiary/aromatic N) is 1. The Morgan fingerprint density at radius 1 is 1.08 bits per heavy atom. The summed E-state index contributed by atoms with van der Waals surface area (Å²) in [6.45, 7) is 3.34. The van der Waals surface area contributed by atoms with Gasteiger partial charge >= 0.3 is 0 Å². The minimum absolute atomic E-state index is 0.0119. The van der Waals surface area contributed by atoms with E-state index in [1.807, 2.05) is 36.4 Å². The Morgan fingerprint density at radius 2 is 1.80 bits per heavy atom. The van der Waals surface area contributed by atoms with Gasteiger partial charge in [-0.25, -0.2) is 0 Å². The van der Waals surface area contributed by atoms with Crippen LogP contribution in [-0.2, 0) is 0 Å². The summed E-state index contributed by atoms with van der Waals surface area (Å²) < 4.78 is 0. The molecule has 0 radical (unpaired) electrons. The Morgan fingerprint density at radius 3 is 2.44 bits per heavy atom. The highest BCUT2D eigenvalue weighted by atomic mass is 32.2. The first kappa shape index (κ1) is 16.5. The van der Waals surface area contributed by atoms with Gasteiger partial charge in [-0.15, -0.1) is 0 Å². The van der Waals surface area contributed by atoms with Crippen LogP contribution in [0.25, 0.3) is 0 Å². The fourth-order valence-electron chi connectivity index (χ4n) is 3.73. The monoisotopic (exact) mass is 354 g/mol. The predicted molar refractivity (Wildman–Crippen MR) is 99.1 cm³/mol. The summed E-state index contributed by atoms with van der Waals surface area (Å²) in [7, 11) is 0. The number of carbonyl (C=O) groups is 1. The van der Waals surface area contributed by atoms with Crippen molar-refractivity contribution in [2.75, 3.05) is 19.6 Å². The summed E-state index contributed by atoms with van der Waals surface area (Å²) in [4.78, 5) is 16.8. The third kappa shape index (κ3) is 3.67. The van der Waals surface area contributed by atoms with Gasteiger partial charge in [0.2, 0.25) is 0 Å². The average molecular weight is 354 g/mol. The zero-order chi connectivity index (χ0) is 17.2. The molecule has 0 aliphatic carbocycles. The number of phenolic OH excluding ortho intramolecular Hbond substituents is 1. The van der Waals surface area contributed by atoms with Gasteiger partial charge in [0.05, 0.1) is 4.90 Å². The van der Waals surface area contributed by atoms with E-state index in [9.17, 15) is 9.90 Å². The molecule has 3 fully saturated rings. The summed E-state index contributed by atoms with van der Waals surface area (Å²) in [6, 6.07) is 15.1. The van der Waals surface area contributed by atoms with Gasteiger partial charge in [0.25, 0.3) is 5.91 Å². The van der Waals surface area contributed by atoms with Crippen LogP contribution in [0.5, 0.6) is 5.75 Å². The number of para-hydroxylation sites is 1. The number of aromatic hydroxyl groups is 1. The fourth-order valence-corrected chi connectivity index (χ4v) is 4.57. The van der Waals surface area contributed by atoms with Crippen molar-refractivity contribution in [1.82, 2.24) is 10.2 Å². The van der Waals surface area contributed by atoms with Crippen LogP contribution in [0.15, 0.2) is 58.3 Å². The lowest BCUT2D eigenvalue weighted by Crippen LogP contribution is -2.57. The highest BCUT2D eigenvalue weighted by Crippen LogP contribution is 2.34. The third-order valence-electron chi connectivity index (χ3n) is 5.18. The Hall–Kier alpha value is -1.98. The van der Waals surface area contributed by atoms with Crippen LogP contribution >= 0.6 is 11.8 Å². The number of hydrogen-bond acceptors (Lipinski definition) is 4. The molecule has 25 heavy (non-hydrogen) atoms. The van der Waals surface area contributed by atoms with E-state index in [-0.39, 0.29) is 17.7 Å². The molecule has 3 saturated heterocycles. The fraction of sp³-hybridized carbons (Fsp3) is 0.350. The first-order chi connectivity index (χ1) is 12.2. The van der Waals surface area contributed by atoms with E-state index in [2.05, 4.69) is 10.2 Å². The zero-order valence-electron chi connectivity index (χ0n) is 14.0. The minimum Gasteiger partial charge on any atom is -0.507 e. The molecule has 2 bridgehead atoms. The van der Waals surface area contributed by atoms with Crippen LogP contribution in [-0.4, -0.2) is 41.6 Å². The maximum atomic E-state index is 12.5. The molecule has 0 aromatic heterocycles. The number of piperidine rings is 3. The minimum atomic E-state index is 0.0119. The van der Waals surface area contributed by atoms with E-state index in [4.69, 9.17) is 0 Å². The van der Waals surface area contributed by atoms with Gasteiger partial charge in [-0.05, 0) is 68.2 Å². The summed E-state index contributed by atoms with van der Waals surface area (Å²) >= 11 is 1.49. The van der Waals surface area contributed by atoms with Gasteiger partial charge in [-0.1, -0.05) is 23.9 Å². The topological polar surface area (TPSA) is 52.6 Å². The van der Waals surface area contributed by atoms with E-state index in [1.165, 1.54) is 37.7 Å². The van der Waals surface area contributed by atoms with Crippen molar-refractivity contribution in [3.8, 4) is 5.75 Å². The lowest BCUT2D eigenvalue weighted by molar-refractivity contribution is 0.0620. The molecule has 1 atom stereocenters. The molecular formula is C20H22N2O2S. The highest BCUT2D eigenvalue weighted by Gasteiger charge is 2.34. The Balaban J connectivity index is 1.40. The lowest BCUT2D eigenvalue weighted by atomic mass is 9.84. The Labute approximate surface area is 152 Å². The second-order valence-corrected chi connectivity index (χ2v) is 7.93. The summed E-state index contributed by atoms with van der Waals surface area (Å²) in [5.74, 6) is 0.916. The first-order valence-corrected chi connectivity index (χ1v) is 9.60. The number of benzene rings is 2. The van der Waals surface area contributed by atoms with Gasteiger partial charge in [0.1, 0.15) is 5.75 Å². The van der Waals surface area contributed by atoms with Gasteiger partial charge in [0, 0.05) is 23.0 Å².